The summed E-state index contributed by atoms with van der Waals surface area (Å²) < 4.78 is 10.5. The van der Waals surface area contributed by atoms with Gasteiger partial charge in [0.25, 0.3) is 0 Å². The number of amides is 1. The highest BCUT2D eigenvalue weighted by Crippen LogP contribution is 2.25. The molecule has 128 valence electrons. The van der Waals surface area contributed by atoms with Gasteiger partial charge >= 0.3 is 5.97 Å². The third kappa shape index (κ3) is 6.59. The first kappa shape index (κ1) is 18.8. The van der Waals surface area contributed by atoms with Crippen LogP contribution in [0.5, 0.6) is 11.5 Å². The fourth-order valence-electron chi connectivity index (χ4n) is 2.27. The molecule has 0 fully saturated rings. The monoisotopic (exact) mass is 323 g/mol. The molecule has 0 bridgehead atoms. The lowest BCUT2D eigenvalue weighted by atomic mass is 10.1. The van der Waals surface area contributed by atoms with Crippen molar-refractivity contribution in [3.05, 3.63) is 23.8 Å². The molecule has 0 saturated carbocycles. The van der Waals surface area contributed by atoms with E-state index in [-0.39, 0.29) is 12.3 Å². The molecule has 0 aliphatic rings. The third-order valence-corrected chi connectivity index (χ3v) is 3.64. The number of nitrogens with zero attached hydrogens (tertiary/aromatic N) is 1. The molecule has 0 atom stereocenters. The Morgan fingerprint density at radius 1 is 1.13 bits per heavy atom. The SMILES string of the molecule is COc1ccc(CCCC(=O)N(C)CCCC(=O)O)c(OC)c1. The van der Waals surface area contributed by atoms with E-state index in [0.717, 1.165) is 23.5 Å². The van der Waals surface area contributed by atoms with Crippen molar-refractivity contribution < 1.29 is 24.2 Å². The summed E-state index contributed by atoms with van der Waals surface area (Å²) in [5, 5.41) is 8.59. The molecule has 1 aromatic rings. The Labute approximate surface area is 137 Å². The predicted molar refractivity (Wildman–Crippen MR) is 87.0 cm³/mol. The summed E-state index contributed by atoms with van der Waals surface area (Å²) in [4.78, 5) is 24.0. The van der Waals surface area contributed by atoms with Crippen LogP contribution in [0, 0.1) is 0 Å². The molecular weight excluding hydrogens is 298 g/mol. The van der Waals surface area contributed by atoms with E-state index >= 15 is 0 Å². The lowest BCUT2D eigenvalue weighted by molar-refractivity contribution is -0.138. The number of carbonyl (C=O) groups is 2. The number of carboxylic acids is 1. The van der Waals surface area contributed by atoms with Gasteiger partial charge in [0.15, 0.2) is 0 Å². The molecule has 0 aliphatic heterocycles. The van der Waals surface area contributed by atoms with E-state index in [1.807, 2.05) is 18.2 Å². The molecule has 0 spiro atoms. The molecule has 1 rings (SSSR count). The second-order valence-electron chi connectivity index (χ2n) is 5.34. The van der Waals surface area contributed by atoms with Crippen LogP contribution in [0.25, 0.3) is 0 Å². The maximum absolute atomic E-state index is 12.0. The molecule has 0 heterocycles. The molecule has 1 N–H and O–H groups in total. The van der Waals surface area contributed by atoms with Gasteiger partial charge in [0.2, 0.25) is 5.91 Å². The fourth-order valence-corrected chi connectivity index (χ4v) is 2.27. The molecule has 0 aliphatic carbocycles. The summed E-state index contributed by atoms with van der Waals surface area (Å²) in [7, 11) is 4.92. The Morgan fingerprint density at radius 3 is 2.48 bits per heavy atom. The van der Waals surface area contributed by atoms with Crippen molar-refractivity contribution in [3.8, 4) is 11.5 Å². The Bertz CT molecular complexity index is 530. The van der Waals surface area contributed by atoms with Gasteiger partial charge in [0, 0.05) is 32.5 Å². The smallest absolute Gasteiger partial charge is 0.303 e. The lowest BCUT2D eigenvalue weighted by Crippen LogP contribution is -2.27. The van der Waals surface area contributed by atoms with Crippen molar-refractivity contribution in [3.63, 3.8) is 0 Å². The van der Waals surface area contributed by atoms with Gasteiger partial charge in [-0.15, -0.1) is 0 Å². The number of hydrogen-bond donors (Lipinski definition) is 1. The maximum atomic E-state index is 12.0. The van der Waals surface area contributed by atoms with Crippen LogP contribution in [0.15, 0.2) is 18.2 Å². The maximum Gasteiger partial charge on any atom is 0.303 e. The molecule has 1 aromatic carbocycles. The van der Waals surface area contributed by atoms with Crippen LogP contribution in [0.2, 0.25) is 0 Å². The number of hydrogen-bond acceptors (Lipinski definition) is 4. The van der Waals surface area contributed by atoms with E-state index in [9.17, 15) is 9.59 Å². The molecular formula is C17H25NO5. The van der Waals surface area contributed by atoms with Crippen LogP contribution in [0.1, 0.15) is 31.2 Å². The van der Waals surface area contributed by atoms with E-state index < -0.39 is 5.97 Å². The molecule has 23 heavy (non-hydrogen) atoms. The van der Waals surface area contributed by atoms with Gasteiger partial charge in [-0.1, -0.05) is 6.07 Å². The largest absolute Gasteiger partial charge is 0.497 e. The number of aryl methyl sites for hydroxylation is 1. The molecule has 0 unspecified atom stereocenters. The Hall–Kier alpha value is -2.24. The van der Waals surface area contributed by atoms with Gasteiger partial charge < -0.3 is 19.5 Å². The Balaban J connectivity index is 2.41. The molecule has 1 amide bonds. The average Bonchev–Trinajstić information content (AvgIpc) is 2.54. The normalized spacial score (nSPS) is 10.2. The highest BCUT2D eigenvalue weighted by Gasteiger charge is 2.10. The Kier molecular flexibility index (Phi) is 7.94. The van der Waals surface area contributed by atoms with Crippen molar-refractivity contribution in [2.24, 2.45) is 0 Å². The summed E-state index contributed by atoms with van der Waals surface area (Å²) in [5.74, 6) is 0.687. The van der Waals surface area contributed by atoms with Crippen LogP contribution in [-0.2, 0) is 16.0 Å². The number of benzene rings is 1. The lowest BCUT2D eigenvalue weighted by Gasteiger charge is -2.17. The number of carbonyl (C=O) groups excluding carboxylic acids is 1. The van der Waals surface area contributed by atoms with E-state index in [1.165, 1.54) is 0 Å². The predicted octanol–water partition coefficient (Wildman–Crippen LogP) is 2.35. The quantitative estimate of drug-likeness (QED) is 0.715. The summed E-state index contributed by atoms with van der Waals surface area (Å²) in [6, 6.07) is 5.64. The molecule has 0 radical (unpaired) electrons. The zero-order valence-electron chi connectivity index (χ0n) is 14.0. The van der Waals surface area contributed by atoms with E-state index in [0.29, 0.717) is 25.8 Å². The van der Waals surface area contributed by atoms with Crippen LogP contribution in [-0.4, -0.2) is 49.7 Å². The van der Waals surface area contributed by atoms with Crippen LogP contribution in [0.4, 0.5) is 0 Å². The fraction of sp³-hybridized carbons (Fsp3) is 0.529. The minimum Gasteiger partial charge on any atom is -0.497 e. The van der Waals surface area contributed by atoms with E-state index in [1.54, 1.807) is 26.2 Å². The molecule has 0 aromatic heterocycles. The summed E-state index contributed by atoms with van der Waals surface area (Å²) in [6.07, 6.45) is 2.44. The van der Waals surface area contributed by atoms with Crippen molar-refractivity contribution in [1.82, 2.24) is 4.90 Å². The zero-order valence-corrected chi connectivity index (χ0v) is 14.0. The van der Waals surface area contributed by atoms with Gasteiger partial charge in [0.05, 0.1) is 14.2 Å². The highest BCUT2D eigenvalue weighted by molar-refractivity contribution is 5.76. The second kappa shape index (κ2) is 9.71. The standard InChI is InChI=1S/C17H25NO5/c1-18(11-5-8-17(20)21)16(19)7-4-6-13-9-10-14(22-2)12-15(13)23-3/h9-10,12H,4-8,11H2,1-3H3,(H,20,21). The van der Waals surface area contributed by atoms with Crippen LogP contribution < -0.4 is 9.47 Å². The van der Waals surface area contributed by atoms with Gasteiger partial charge in [-0.05, 0) is 30.9 Å². The summed E-state index contributed by atoms with van der Waals surface area (Å²) in [6.45, 7) is 0.469. The first-order chi connectivity index (χ1) is 11.0. The number of ether oxygens (including phenoxy) is 2. The first-order valence-corrected chi connectivity index (χ1v) is 7.64. The van der Waals surface area contributed by atoms with E-state index in [4.69, 9.17) is 14.6 Å². The third-order valence-electron chi connectivity index (χ3n) is 3.64. The molecule has 0 saturated heterocycles. The minimum absolute atomic E-state index is 0.0304. The van der Waals surface area contributed by atoms with Crippen molar-refractivity contribution in [1.29, 1.82) is 0 Å². The summed E-state index contributed by atoms with van der Waals surface area (Å²) in [5.41, 5.74) is 1.04. The minimum atomic E-state index is -0.836. The first-order valence-electron chi connectivity index (χ1n) is 7.64. The van der Waals surface area contributed by atoms with Crippen molar-refractivity contribution in [2.75, 3.05) is 27.8 Å². The second-order valence-corrected chi connectivity index (χ2v) is 5.34. The van der Waals surface area contributed by atoms with Gasteiger partial charge in [-0.25, -0.2) is 0 Å². The van der Waals surface area contributed by atoms with Crippen molar-refractivity contribution >= 4 is 11.9 Å². The number of aliphatic carboxylic acids is 1. The van der Waals surface area contributed by atoms with Gasteiger partial charge in [-0.2, -0.15) is 0 Å². The Morgan fingerprint density at radius 2 is 1.87 bits per heavy atom. The average molecular weight is 323 g/mol. The number of methoxy groups -OCH3 is 2. The van der Waals surface area contributed by atoms with E-state index in [2.05, 4.69) is 0 Å². The van der Waals surface area contributed by atoms with Crippen molar-refractivity contribution in [2.45, 2.75) is 32.1 Å². The number of rotatable bonds is 10. The van der Waals surface area contributed by atoms with Gasteiger partial charge in [-0.3, -0.25) is 9.59 Å². The van der Waals surface area contributed by atoms with Gasteiger partial charge in [0.1, 0.15) is 11.5 Å². The molecule has 6 nitrogen and oxygen atoms in total. The topological polar surface area (TPSA) is 76.1 Å². The molecule has 6 heteroatoms. The summed E-state index contributed by atoms with van der Waals surface area (Å²) >= 11 is 0. The number of carboxylic acid groups (broad SMARTS) is 1. The van der Waals surface area contributed by atoms with Crippen LogP contribution in [0.3, 0.4) is 0 Å². The van der Waals surface area contributed by atoms with Crippen LogP contribution >= 0.6 is 0 Å². The highest BCUT2D eigenvalue weighted by atomic mass is 16.5. The zero-order chi connectivity index (χ0) is 17.2.